The average Bonchev–Trinajstić information content (AvgIpc) is 2.37. The topological polar surface area (TPSA) is 147 Å². The molecule has 4 N–H and O–H groups in total. The summed E-state index contributed by atoms with van der Waals surface area (Å²) in [6, 6.07) is 3.97. The van der Waals surface area contributed by atoms with E-state index in [0.29, 0.717) is 4.31 Å². The van der Waals surface area contributed by atoms with Crippen LogP contribution in [0.3, 0.4) is 0 Å². The van der Waals surface area contributed by atoms with Crippen LogP contribution in [0.25, 0.3) is 0 Å². The summed E-state index contributed by atoms with van der Waals surface area (Å²) in [5.41, 5.74) is 9.34. The quantitative estimate of drug-likeness (QED) is 0.666. The van der Waals surface area contributed by atoms with Crippen LogP contribution in [0.15, 0.2) is 23.1 Å². The van der Waals surface area contributed by atoms with E-state index in [2.05, 4.69) is 0 Å². The smallest absolute Gasteiger partial charge is 0.244 e. The van der Waals surface area contributed by atoms with E-state index >= 15 is 0 Å². The summed E-state index contributed by atoms with van der Waals surface area (Å²) in [6.07, 6.45) is 0. The van der Waals surface area contributed by atoms with Crippen LogP contribution in [0.4, 0.5) is 4.39 Å². The maximum Gasteiger partial charge on any atom is 0.244 e. The molecule has 2 amide bonds. The van der Waals surface area contributed by atoms with Gasteiger partial charge < -0.3 is 11.5 Å². The largest absolute Gasteiger partial charge is 0.369 e. The van der Waals surface area contributed by atoms with Gasteiger partial charge in [-0.3, -0.25) is 9.59 Å². The SMILES string of the molecule is N#Cc1cc(S(=O)(=O)N(CC(N)=O)CC(N)=O)ccc1F. The Labute approximate surface area is 119 Å². The van der Waals surface area contributed by atoms with Gasteiger partial charge in [-0.05, 0) is 18.2 Å². The average molecular weight is 314 g/mol. The number of carbonyl (C=O) groups is 2. The molecule has 1 aromatic carbocycles. The van der Waals surface area contributed by atoms with Gasteiger partial charge >= 0.3 is 0 Å². The molecular formula is C11H11FN4O4S. The van der Waals surface area contributed by atoms with Crippen molar-refractivity contribution in [1.29, 1.82) is 5.26 Å². The van der Waals surface area contributed by atoms with E-state index in [1.807, 2.05) is 0 Å². The fourth-order valence-electron chi connectivity index (χ4n) is 1.47. The van der Waals surface area contributed by atoms with Crippen LogP contribution in [0.1, 0.15) is 5.56 Å². The Kier molecular flexibility index (Phi) is 4.96. The molecule has 0 aliphatic rings. The van der Waals surface area contributed by atoms with E-state index in [-0.39, 0.29) is 0 Å². The zero-order valence-corrected chi connectivity index (χ0v) is 11.4. The van der Waals surface area contributed by atoms with Gasteiger partial charge in [-0.15, -0.1) is 0 Å². The molecule has 0 aromatic heterocycles. The highest BCUT2D eigenvalue weighted by Gasteiger charge is 2.28. The molecule has 1 rings (SSSR count). The van der Waals surface area contributed by atoms with Crippen molar-refractivity contribution in [3.63, 3.8) is 0 Å². The predicted molar refractivity (Wildman–Crippen MR) is 68.3 cm³/mol. The molecule has 0 saturated carbocycles. The van der Waals surface area contributed by atoms with Gasteiger partial charge in [0.05, 0.1) is 23.5 Å². The van der Waals surface area contributed by atoms with Gasteiger partial charge in [0.25, 0.3) is 0 Å². The minimum Gasteiger partial charge on any atom is -0.369 e. The molecule has 0 unspecified atom stereocenters. The summed E-state index contributed by atoms with van der Waals surface area (Å²) in [5.74, 6) is -2.89. The van der Waals surface area contributed by atoms with Crippen molar-refractivity contribution in [3.05, 3.63) is 29.6 Å². The van der Waals surface area contributed by atoms with Crippen molar-refractivity contribution < 1.29 is 22.4 Å². The third-order valence-electron chi connectivity index (χ3n) is 2.36. The molecule has 0 spiro atoms. The van der Waals surface area contributed by atoms with Crippen LogP contribution in [0.2, 0.25) is 0 Å². The molecular weight excluding hydrogens is 303 g/mol. The number of benzene rings is 1. The highest BCUT2D eigenvalue weighted by Crippen LogP contribution is 2.18. The molecule has 0 heterocycles. The number of amides is 2. The van der Waals surface area contributed by atoms with Crippen LogP contribution in [-0.4, -0.2) is 37.6 Å². The summed E-state index contributed by atoms with van der Waals surface area (Å²) < 4.78 is 38.2. The van der Waals surface area contributed by atoms with Gasteiger partial charge in [0, 0.05) is 0 Å². The molecule has 8 nitrogen and oxygen atoms in total. The Hall–Kier alpha value is -2.51. The lowest BCUT2D eigenvalue weighted by molar-refractivity contribution is -0.120. The molecule has 0 saturated heterocycles. The second-order valence-electron chi connectivity index (χ2n) is 3.96. The highest BCUT2D eigenvalue weighted by molar-refractivity contribution is 7.89. The number of hydrogen-bond acceptors (Lipinski definition) is 5. The van der Waals surface area contributed by atoms with Gasteiger partial charge in [0.15, 0.2) is 0 Å². The number of nitrogens with zero attached hydrogens (tertiary/aromatic N) is 2. The fourth-order valence-corrected chi connectivity index (χ4v) is 2.87. The Morgan fingerprint density at radius 1 is 1.24 bits per heavy atom. The predicted octanol–water partition coefficient (Wildman–Crippen LogP) is -1.34. The van der Waals surface area contributed by atoms with E-state index in [9.17, 15) is 22.4 Å². The third-order valence-corrected chi connectivity index (χ3v) is 4.15. The van der Waals surface area contributed by atoms with Gasteiger partial charge in [-0.1, -0.05) is 0 Å². The number of nitrogens with two attached hydrogens (primary N) is 2. The van der Waals surface area contributed by atoms with E-state index < -0.39 is 51.2 Å². The van der Waals surface area contributed by atoms with Gasteiger partial charge in [-0.25, -0.2) is 12.8 Å². The Balaban J connectivity index is 3.31. The second kappa shape index (κ2) is 6.29. The van der Waals surface area contributed by atoms with E-state index in [1.165, 1.54) is 6.07 Å². The number of rotatable bonds is 6. The van der Waals surface area contributed by atoms with E-state index in [4.69, 9.17) is 16.7 Å². The molecule has 0 aliphatic carbocycles. The lowest BCUT2D eigenvalue weighted by atomic mass is 10.2. The number of hydrogen-bond donors (Lipinski definition) is 2. The normalized spacial score (nSPS) is 11.1. The van der Waals surface area contributed by atoms with Crippen LogP contribution < -0.4 is 11.5 Å². The summed E-state index contributed by atoms with van der Waals surface area (Å²) in [5, 5.41) is 8.69. The van der Waals surface area contributed by atoms with E-state index in [1.54, 1.807) is 0 Å². The number of carbonyl (C=O) groups excluding carboxylic acids is 2. The third kappa shape index (κ3) is 3.98. The van der Waals surface area contributed by atoms with Crippen molar-refractivity contribution in [3.8, 4) is 6.07 Å². The first-order valence-corrected chi connectivity index (χ1v) is 6.89. The second-order valence-corrected chi connectivity index (χ2v) is 5.90. The molecule has 10 heteroatoms. The minimum atomic E-state index is -4.33. The zero-order valence-electron chi connectivity index (χ0n) is 10.6. The number of sulfonamides is 1. The summed E-state index contributed by atoms with van der Waals surface area (Å²) in [4.78, 5) is 21.3. The van der Waals surface area contributed by atoms with Crippen molar-refractivity contribution in [2.75, 3.05) is 13.1 Å². The van der Waals surface area contributed by atoms with Crippen molar-refractivity contribution >= 4 is 21.8 Å². The highest BCUT2D eigenvalue weighted by atomic mass is 32.2. The van der Waals surface area contributed by atoms with Crippen molar-refractivity contribution in [2.45, 2.75) is 4.90 Å². The number of halogens is 1. The Morgan fingerprint density at radius 2 is 1.76 bits per heavy atom. The first-order valence-electron chi connectivity index (χ1n) is 5.45. The summed E-state index contributed by atoms with van der Waals surface area (Å²) >= 11 is 0. The van der Waals surface area contributed by atoms with Gasteiger partial charge in [0.2, 0.25) is 21.8 Å². The number of primary amides is 2. The lowest BCUT2D eigenvalue weighted by Gasteiger charge is -2.19. The van der Waals surface area contributed by atoms with E-state index in [0.717, 1.165) is 18.2 Å². The molecule has 21 heavy (non-hydrogen) atoms. The molecule has 0 aliphatic heterocycles. The first kappa shape index (κ1) is 16.5. The first-order chi connectivity index (χ1) is 9.68. The van der Waals surface area contributed by atoms with Crippen molar-refractivity contribution in [2.24, 2.45) is 11.5 Å². The van der Waals surface area contributed by atoms with Crippen LogP contribution >= 0.6 is 0 Å². The van der Waals surface area contributed by atoms with Crippen molar-refractivity contribution in [1.82, 2.24) is 4.31 Å². The lowest BCUT2D eigenvalue weighted by Crippen LogP contribution is -2.43. The zero-order chi connectivity index (χ0) is 16.2. The van der Waals surface area contributed by atoms with Gasteiger partial charge in [-0.2, -0.15) is 9.57 Å². The molecule has 0 fully saturated rings. The maximum absolute atomic E-state index is 13.2. The van der Waals surface area contributed by atoms with Crippen LogP contribution in [0, 0.1) is 17.1 Å². The summed E-state index contributed by atoms with van der Waals surface area (Å²) in [6.45, 7) is -1.55. The maximum atomic E-state index is 13.2. The molecule has 112 valence electrons. The molecule has 1 aromatic rings. The molecule has 0 bridgehead atoms. The fraction of sp³-hybridized carbons (Fsp3) is 0.182. The van der Waals surface area contributed by atoms with Crippen LogP contribution in [-0.2, 0) is 19.6 Å². The Morgan fingerprint density at radius 3 is 2.19 bits per heavy atom. The molecule has 0 atom stereocenters. The van der Waals surface area contributed by atoms with Gasteiger partial charge in [0.1, 0.15) is 11.9 Å². The standard InChI is InChI=1S/C11H11FN4O4S/c12-9-2-1-8(3-7(9)4-13)21(19,20)16(5-10(14)17)6-11(15)18/h1-3H,5-6H2,(H2,14,17)(H2,15,18). The number of nitriles is 1. The Bertz CT molecular complexity index is 710. The summed E-state index contributed by atoms with van der Waals surface area (Å²) in [7, 11) is -4.33. The monoisotopic (exact) mass is 314 g/mol. The molecule has 0 radical (unpaired) electrons. The van der Waals surface area contributed by atoms with Crippen LogP contribution in [0.5, 0.6) is 0 Å². The minimum absolute atomic E-state index is 0.450.